The Morgan fingerprint density at radius 2 is 0.479 bits per heavy atom. The van der Waals surface area contributed by atoms with Crippen molar-refractivity contribution in [3.05, 3.63) is 261 Å². The van der Waals surface area contributed by atoms with E-state index in [1.807, 2.05) is 121 Å². The molecule has 0 saturated heterocycles. The molecule has 342 valence electrons. The standard InChI is InChI=1S/C66H43N7/c1-6-20-44(21-7-1)45-38-40-54(41-39-45)73-57-36-18-34-55(50-30-16-32-52(42-50)65-69-61(46-22-8-2-9-23-46)67-62(70-65)47-24-10-3-11-25-47)59(57)60-56(35-19-37-58(60)73)51-31-17-33-53(43-51)66-71-63(48-26-12-4-13-27-48)68-64(72-66)49-28-14-5-15-29-49/h1-43H. The van der Waals surface area contributed by atoms with E-state index in [-0.39, 0.29) is 0 Å². The highest BCUT2D eigenvalue weighted by Crippen LogP contribution is 2.44. The molecule has 13 aromatic rings. The summed E-state index contributed by atoms with van der Waals surface area (Å²) < 4.78 is 2.40. The molecule has 10 aromatic carbocycles. The van der Waals surface area contributed by atoms with Crippen LogP contribution < -0.4 is 0 Å². The molecule has 0 N–H and O–H groups in total. The lowest BCUT2D eigenvalue weighted by molar-refractivity contribution is 1.07. The second-order valence-corrected chi connectivity index (χ2v) is 17.9. The highest BCUT2D eigenvalue weighted by molar-refractivity contribution is 6.21. The Morgan fingerprint density at radius 3 is 0.836 bits per heavy atom. The smallest absolute Gasteiger partial charge is 0.164 e. The Labute approximate surface area is 422 Å². The second kappa shape index (κ2) is 18.7. The first-order valence-electron chi connectivity index (χ1n) is 24.4. The maximum Gasteiger partial charge on any atom is 0.164 e. The zero-order chi connectivity index (χ0) is 48.5. The molecule has 0 amide bonds. The minimum Gasteiger partial charge on any atom is -0.309 e. The molecule has 0 fully saturated rings. The SMILES string of the molecule is c1ccc(-c2ccc(-n3c4cccc(-c5cccc(-c6nc(-c7ccccc7)nc(-c7ccccc7)n6)c5)c4c4c(-c5cccc(-c6nc(-c7ccccc7)nc(-c7ccccc7)n6)c5)cccc43)cc2)cc1. The minimum absolute atomic E-state index is 0.601. The largest absolute Gasteiger partial charge is 0.309 e. The van der Waals surface area contributed by atoms with Gasteiger partial charge in [-0.2, -0.15) is 0 Å². The van der Waals surface area contributed by atoms with Gasteiger partial charge >= 0.3 is 0 Å². The number of fused-ring (bicyclic) bond motifs is 3. The monoisotopic (exact) mass is 933 g/mol. The number of nitrogens with zero attached hydrogens (tertiary/aromatic N) is 7. The van der Waals surface area contributed by atoms with Crippen LogP contribution in [-0.4, -0.2) is 34.5 Å². The van der Waals surface area contributed by atoms with Gasteiger partial charge in [-0.05, 0) is 69.8 Å². The van der Waals surface area contributed by atoms with Crippen LogP contribution in [0.25, 0.3) is 129 Å². The van der Waals surface area contributed by atoms with Gasteiger partial charge in [-0.3, -0.25) is 0 Å². The Hall–Kier alpha value is -9.98. The van der Waals surface area contributed by atoms with E-state index in [0.717, 1.165) is 88.7 Å². The molecule has 0 aliphatic rings. The van der Waals surface area contributed by atoms with Crippen LogP contribution in [0, 0.1) is 0 Å². The molecule has 0 atom stereocenters. The van der Waals surface area contributed by atoms with Gasteiger partial charge in [-0.1, -0.05) is 224 Å². The normalized spacial score (nSPS) is 11.3. The van der Waals surface area contributed by atoms with E-state index >= 15 is 0 Å². The van der Waals surface area contributed by atoms with Crippen molar-refractivity contribution in [1.82, 2.24) is 34.5 Å². The van der Waals surface area contributed by atoms with E-state index in [9.17, 15) is 0 Å². The first kappa shape index (κ1) is 43.1. The topological polar surface area (TPSA) is 82.3 Å². The molecule has 7 heteroatoms. The molecule has 0 saturated carbocycles. The van der Waals surface area contributed by atoms with Crippen LogP contribution >= 0.6 is 0 Å². The van der Waals surface area contributed by atoms with Gasteiger partial charge in [0.1, 0.15) is 0 Å². The number of hydrogen-bond donors (Lipinski definition) is 0. The molecule has 3 aromatic heterocycles. The Morgan fingerprint density at radius 1 is 0.205 bits per heavy atom. The number of benzene rings is 10. The van der Waals surface area contributed by atoms with Gasteiger partial charge in [-0.15, -0.1) is 0 Å². The van der Waals surface area contributed by atoms with Gasteiger partial charge in [-0.25, -0.2) is 29.9 Å². The molecule has 0 aliphatic heterocycles. The second-order valence-electron chi connectivity index (χ2n) is 17.9. The fraction of sp³-hybridized carbons (Fsp3) is 0. The first-order chi connectivity index (χ1) is 36.2. The van der Waals surface area contributed by atoms with Gasteiger partial charge in [0.25, 0.3) is 0 Å². The van der Waals surface area contributed by atoms with Gasteiger partial charge in [0.2, 0.25) is 0 Å². The Balaban J connectivity index is 1.01. The molecule has 0 aliphatic carbocycles. The van der Waals surface area contributed by atoms with Crippen LogP contribution in [0.3, 0.4) is 0 Å². The van der Waals surface area contributed by atoms with Crippen LogP contribution in [0.1, 0.15) is 0 Å². The lowest BCUT2D eigenvalue weighted by atomic mass is 9.93. The summed E-state index contributed by atoms with van der Waals surface area (Å²) in [7, 11) is 0. The van der Waals surface area contributed by atoms with E-state index in [2.05, 4.69) is 144 Å². The maximum atomic E-state index is 5.11. The summed E-state index contributed by atoms with van der Waals surface area (Å²) in [6.07, 6.45) is 0. The fourth-order valence-corrected chi connectivity index (χ4v) is 9.83. The molecule has 73 heavy (non-hydrogen) atoms. The summed E-state index contributed by atoms with van der Waals surface area (Å²) in [5.41, 5.74) is 15.3. The molecule has 0 unspecified atom stereocenters. The molecule has 3 heterocycles. The molecular formula is C66H43N7. The molecule has 0 spiro atoms. The predicted molar refractivity (Wildman–Crippen MR) is 296 cm³/mol. The molecule has 0 radical (unpaired) electrons. The van der Waals surface area contributed by atoms with Crippen LogP contribution in [0.5, 0.6) is 0 Å². The third-order valence-corrected chi connectivity index (χ3v) is 13.3. The van der Waals surface area contributed by atoms with E-state index in [1.54, 1.807) is 0 Å². The Bertz CT molecular complexity index is 3760. The van der Waals surface area contributed by atoms with Crippen molar-refractivity contribution in [2.24, 2.45) is 0 Å². The number of aromatic nitrogens is 7. The van der Waals surface area contributed by atoms with E-state index in [4.69, 9.17) is 29.9 Å². The summed E-state index contributed by atoms with van der Waals surface area (Å²) >= 11 is 0. The molecule has 0 bridgehead atoms. The summed E-state index contributed by atoms with van der Waals surface area (Å²) in [6.45, 7) is 0. The van der Waals surface area contributed by atoms with Crippen molar-refractivity contribution >= 4 is 21.8 Å². The van der Waals surface area contributed by atoms with Crippen molar-refractivity contribution < 1.29 is 0 Å². The predicted octanol–water partition coefficient (Wildman–Crippen LogP) is 16.2. The quantitative estimate of drug-likeness (QED) is 0.136. The highest BCUT2D eigenvalue weighted by Gasteiger charge is 2.22. The average molecular weight is 934 g/mol. The van der Waals surface area contributed by atoms with Gasteiger partial charge < -0.3 is 4.57 Å². The van der Waals surface area contributed by atoms with Crippen LogP contribution in [0.2, 0.25) is 0 Å². The van der Waals surface area contributed by atoms with Crippen LogP contribution in [-0.2, 0) is 0 Å². The van der Waals surface area contributed by atoms with Gasteiger partial charge in [0, 0.05) is 49.8 Å². The molecular weight excluding hydrogens is 891 g/mol. The van der Waals surface area contributed by atoms with Gasteiger partial charge in [0.15, 0.2) is 34.9 Å². The maximum absolute atomic E-state index is 5.11. The average Bonchev–Trinajstić information content (AvgIpc) is 3.83. The summed E-state index contributed by atoms with van der Waals surface area (Å²) in [5.74, 6) is 3.68. The first-order valence-corrected chi connectivity index (χ1v) is 24.4. The van der Waals surface area contributed by atoms with Crippen molar-refractivity contribution in [2.75, 3.05) is 0 Å². The van der Waals surface area contributed by atoms with Crippen LogP contribution in [0.4, 0.5) is 0 Å². The summed E-state index contributed by atoms with van der Waals surface area (Å²) in [6, 6.07) is 90.3. The summed E-state index contributed by atoms with van der Waals surface area (Å²) in [5, 5.41) is 2.26. The number of hydrogen-bond acceptors (Lipinski definition) is 6. The summed E-state index contributed by atoms with van der Waals surface area (Å²) in [4.78, 5) is 30.4. The third kappa shape index (κ3) is 8.30. The van der Waals surface area contributed by atoms with Crippen molar-refractivity contribution in [3.63, 3.8) is 0 Å². The number of rotatable bonds is 10. The lowest BCUT2D eigenvalue weighted by Crippen LogP contribution is -2.00. The van der Waals surface area contributed by atoms with Gasteiger partial charge in [0.05, 0.1) is 11.0 Å². The fourth-order valence-electron chi connectivity index (χ4n) is 9.83. The molecule has 13 rings (SSSR count). The lowest BCUT2D eigenvalue weighted by Gasteiger charge is -2.12. The van der Waals surface area contributed by atoms with Crippen molar-refractivity contribution in [3.8, 4) is 107 Å². The van der Waals surface area contributed by atoms with Crippen molar-refractivity contribution in [1.29, 1.82) is 0 Å². The van der Waals surface area contributed by atoms with E-state index in [0.29, 0.717) is 34.9 Å². The Kier molecular flexibility index (Phi) is 11.1. The highest BCUT2D eigenvalue weighted by atomic mass is 15.0. The van der Waals surface area contributed by atoms with Crippen LogP contribution in [0.15, 0.2) is 261 Å². The van der Waals surface area contributed by atoms with E-state index in [1.165, 1.54) is 5.56 Å². The third-order valence-electron chi connectivity index (χ3n) is 13.3. The van der Waals surface area contributed by atoms with Crippen molar-refractivity contribution in [2.45, 2.75) is 0 Å². The van der Waals surface area contributed by atoms with E-state index < -0.39 is 0 Å². The zero-order valence-electron chi connectivity index (χ0n) is 39.5. The minimum atomic E-state index is 0.601. The zero-order valence-corrected chi connectivity index (χ0v) is 39.5. The molecule has 7 nitrogen and oxygen atoms in total.